The third kappa shape index (κ3) is 2.47. The average molecular weight is 519 g/mol. The quantitative estimate of drug-likeness (QED) is 0.316. The summed E-state index contributed by atoms with van der Waals surface area (Å²) in [5, 5.41) is 0. The van der Waals surface area contributed by atoms with Crippen LogP contribution in [0.5, 0.6) is 0 Å². The zero-order valence-electron chi connectivity index (χ0n) is 9.90. The lowest BCUT2D eigenvalue weighted by molar-refractivity contribution is 0.0652. The van der Waals surface area contributed by atoms with Crippen LogP contribution in [0.2, 0.25) is 0 Å². The highest BCUT2D eigenvalue weighted by Gasteiger charge is 2.40. The summed E-state index contributed by atoms with van der Waals surface area (Å²) in [6, 6.07) is 0. The molecule has 0 saturated heterocycles. The molecule has 0 aromatic heterocycles. The van der Waals surface area contributed by atoms with Crippen molar-refractivity contribution in [3.05, 3.63) is 29.0 Å². The van der Waals surface area contributed by atoms with Crippen LogP contribution in [0.3, 0.4) is 0 Å². The Bertz CT molecular complexity index is 539. The zero-order chi connectivity index (χ0) is 14.3. The van der Waals surface area contributed by atoms with Crippen molar-refractivity contribution in [3.63, 3.8) is 0 Å². The SMILES string of the molecule is CCCCN1C(=O)c2c(Br)c(Br)c(Br)c(Br)c2C1=O. The molecule has 0 aliphatic carbocycles. The number of carbonyl (C=O) groups is 2. The minimum absolute atomic E-state index is 0.241. The molecule has 0 spiro atoms. The molecule has 0 bridgehead atoms. The number of unbranched alkanes of at least 4 members (excludes halogenated alkanes) is 1. The average Bonchev–Trinajstić information content (AvgIpc) is 2.63. The van der Waals surface area contributed by atoms with Crippen LogP contribution in [0.25, 0.3) is 0 Å². The van der Waals surface area contributed by atoms with Crippen molar-refractivity contribution in [1.82, 2.24) is 4.90 Å². The van der Waals surface area contributed by atoms with Crippen LogP contribution >= 0.6 is 63.7 Å². The van der Waals surface area contributed by atoms with E-state index in [1.165, 1.54) is 4.90 Å². The topological polar surface area (TPSA) is 37.4 Å². The van der Waals surface area contributed by atoms with Gasteiger partial charge in [-0.2, -0.15) is 0 Å². The summed E-state index contributed by atoms with van der Waals surface area (Å²) in [5.41, 5.74) is 0.839. The van der Waals surface area contributed by atoms with E-state index >= 15 is 0 Å². The van der Waals surface area contributed by atoms with E-state index < -0.39 is 0 Å². The molecule has 0 atom stereocenters. The van der Waals surface area contributed by atoms with Crippen LogP contribution < -0.4 is 0 Å². The molecule has 1 aliphatic heterocycles. The highest BCUT2D eigenvalue weighted by Crippen LogP contribution is 2.45. The lowest BCUT2D eigenvalue weighted by Crippen LogP contribution is -2.30. The summed E-state index contributed by atoms with van der Waals surface area (Å²) in [6.07, 6.45) is 1.74. The first kappa shape index (κ1) is 15.7. The molecule has 19 heavy (non-hydrogen) atoms. The zero-order valence-corrected chi connectivity index (χ0v) is 16.2. The number of hydrogen-bond acceptors (Lipinski definition) is 2. The van der Waals surface area contributed by atoms with E-state index in [1.807, 2.05) is 6.92 Å². The van der Waals surface area contributed by atoms with Crippen LogP contribution in [0.1, 0.15) is 40.5 Å². The van der Waals surface area contributed by atoms with Crippen molar-refractivity contribution in [3.8, 4) is 0 Å². The minimum atomic E-state index is -0.241. The molecular formula is C12H9Br4NO2. The van der Waals surface area contributed by atoms with E-state index in [9.17, 15) is 9.59 Å². The Labute approximate surface area is 144 Å². The van der Waals surface area contributed by atoms with Crippen molar-refractivity contribution in [2.24, 2.45) is 0 Å². The van der Waals surface area contributed by atoms with Gasteiger partial charge >= 0.3 is 0 Å². The molecule has 0 fully saturated rings. The summed E-state index contributed by atoms with van der Waals surface area (Å²) in [4.78, 5) is 26.0. The fourth-order valence-corrected chi connectivity index (χ4v) is 4.37. The van der Waals surface area contributed by atoms with E-state index in [1.54, 1.807) is 0 Å². The number of benzene rings is 1. The number of imide groups is 1. The molecule has 1 aromatic rings. The molecule has 7 heteroatoms. The molecule has 1 heterocycles. The second kappa shape index (κ2) is 5.95. The molecule has 1 aliphatic rings. The van der Waals surface area contributed by atoms with Crippen molar-refractivity contribution in [2.75, 3.05) is 6.54 Å². The van der Waals surface area contributed by atoms with E-state index in [4.69, 9.17) is 0 Å². The summed E-state index contributed by atoms with van der Waals surface area (Å²) >= 11 is 13.6. The van der Waals surface area contributed by atoms with Crippen molar-refractivity contribution < 1.29 is 9.59 Å². The molecule has 2 amide bonds. The van der Waals surface area contributed by atoms with Crippen LogP contribution in [0.15, 0.2) is 17.9 Å². The van der Waals surface area contributed by atoms with Gasteiger partial charge in [-0.1, -0.05) is 13.3 Å². The van der Waals surface area contributed by atoms with Crippen molar-refractivity contribution in [1.29, 1.82) is 0 Å². The Balaban J connectivity index is 2.59. The summed E-state index contributed by atoms with van der Waals surface area (Å²) in [7, 11) is 0. The Kier molecular flexibility index (Phi) is 4.91. The Morgan fingerprint density at radius 3 is 1.63 bits per heavy atom. The first-order valence-electron chi connectivity index (χ1n) is 5.63. The molecule has 102 valence electrons. The maximum absolute atomic E-state index is 12.4. The molecule has 0 saturated carbocycles. The van der Waals surface area contributed by atoms with Crippen molar-refractivity contribution in [2.45, 2.75) is 19.8 Å². The van der Waals surface area contributed by atoms with Gasteiger partial charge in [0.1, 0.15) is 0 Å². The van der Waals surface area contributed by atoms with Gasteiger partial charge in [0.2, 0.25) is 0 Å². The van der Waals surface area contributed by atoms with Gasteiger partial charge in [0.05, 0.1) is 11.1 Å². The number of fused-ring (bicyclic) bond motifs is 1. The van der Waals surface area contributed by atoms with E-state index in [2.05, 4.69) is 63.7 Å². The number of rotatable bonds is 3. The van der Waals surface area contributed by atoms with Gasteiger partial charge in [0.25, 0.3) is 11.8 Å². The predicted octanol–water partition coefficient (Wildman–Crippen LogP) is 5.13. The first-order chi connectivity index (χ1) is 8.91. The molecule has 0 unspecified atom stereocenters. The molecule has 1 aromatic carbocycles. The van der Waals surface area contributed by atoms with Crippen LogP contribution in [-0.4, -0.2) is 23.3 Å². The maximum atomic E-state index is 12.4. The number of nitrogens with zero attached hydrogens (tertiary/aromatic N) is 1. The van der Waals surface area contributed by atoms with Gasteiger partial charge in [0, 0.05) is 24.4 Å². The molecule has 2 rings (SSSR count). The highest BCUT2D eigenvalue weighted by molar-refractivity contribution is 9.15. The summed E-state index contributed by atoms with van der Waals surface area (Å²) in [5.74, 6) is -0.483. The second-order valence-electron chi connectivity index (χ2n) is 4.12. The lowest BCUT2D eigenvalue weighted by Gasteiger charge is -2.12. The van der Waals surface area contributed by atoms with Gasteiger partial charge in [-0.05, 0) is 70.1 Å². The number of amides is 2. The Morgan fingerprint density at radius 2 is 1.26 bits per heavy atom. The first-order valence-corrected chi connectivity index (χ1v) is 8.81. The molecular weight excluding hydrogens is 510 g/mol. The number of halogens is 4. The monoisotopic (exact) mass is 515 g/mol. The van der Waals surface area contributed by atoms with E-state index in [0.29, 0.717) is 26.6 Å². The largest absolute Gasteiger partial charge is 0.274 e. The number of carbonyl (C=O) groups excluding carboxylic acids is 2. The fourth-order valence-electron chi connectivity index (χ4n) is 1.91. The van der Waals surface area contributed by atoms with Crippen LogP contribution in [0, 0.1) is 0 Å². The van der Waals surface area contributed by atoms with Gasteiger partial charge < -0.3 is 0 Å². The smallest absolute Gasteiger partial charge is 0.262 e. The summed E-state index contributed by atoms with van der Waals surface area (Å²) < 4.78 is 2.65. The molecule has 3 nitrogen and oxygen atoms in total. The Hall–Kier alpha value is 0.280. The highest BCUT2D eigenvalue weighted by atomic mass is 79.9. The standard InChI is InChI=1S/C12H9Br4NO2/c1-2-3-4-17-11(18)5-6(12(17)19)8(14)10(16)9(15)7(5)13/h2-4H2,1H3. The minimum Gasteiger partial charge on any atom is -0.274 e. The van der Waals surface area contributed by atoms with E-state index in [0.717, 1.165) is 21.8 Å². The van der Waals surface area contributed by atoms with Gasteiger partial charge in [-0.15, -0.1) is 0 Å². The second-order valence-corrected chi connectivity index (χ2v) is 7.29. The summed E-state index contributed by atoms with van der Waals surface area (Å²) in [6.45, 7) is 2.48. The normalized spacial score (nSPS) is 14.3. The third-order valence-corrected chi connectivity index (χ3v) is 7.69. The lowest BCUT2D eigenvalue weighted by atomic mass is 10.1. The number of hydrogen-bond donors (Lipinski definition) is 0. The van der Waals surface area contributed by atoms with Gasteiger partial charge in [-0.25, -0.2) is 0 Å². The molecule has 0 radical (unpaired) electrons. The van der Waals surface area contributed by atoms with E-state index in [-0.39, 0.29) is 11.8 Å². The third-order valence-electron chi connectivity index (χ3n) is 2.92. The fraction of sp³-hybridized carbons (Fsp3) is 0.333. The van der Waals surface area contributed by atoms with Crippen LogP contribution in [0.4, 0.5) is 0 Å². The van der Waals surface area contributed by atoms with Gasteiger partial charge in [0.15, 0.2) is 0 Å². The van der Waals surface area contributed by atoms with Crippen LogP contribution in [-0.2, 0) is 0 Å². The van der Waals surface area contributed by atoms with Crippen molar-refractivity contribution >= 4 is 75.5 Å². The Morgan fingerprint density at radius 1 is 0.842 bits per heavy atom. The maximum Gasteiger partial charge on any atom is 0.262 e. The van der Waals surface area contributed by atoms with Gasteiger partial charge in [-0.3, -0.25) is 14.5 Å². The predicted molar refractivity (Wildman–Crippen MR) is 87.5 cm³/mol. The molecule has 0 N–H and O–H groups in total.